The van der Waals surface area contributed by atoms with Crippen molar-refractivity contribution in [3.8, 4) is 0 Å². The fraction of sp³-hybridized carbons (Fsp3) is 0.471. The zero-order valence-corrected chi connectivity index (χ0v) is 13.9. The Bertz CT molecular complexity index is 672. The van der Waals surface area contributed by atoms with Crippen molar-refractivity contribution < 1.29 is 0 Å². The molecule has 3 heterocycles. The highest BCUT2D eigenvalue weighted by atomic mass is 35.5. The molecule has 116 valence electrons. The van der Waals surface area contributed by atoms with Gasteiger partial charge >= 0.3 is 0 Å². The van der Waals surface area contributed by atoms with Crippen molar-refractivity contribution in [2.75, 3.05) is 6.54 Å². The van der Waals surface area contributed by atoms with Crippen LogP contribution in [-0.4, -0.2) is 26.4 Å². The molecule has 0 saturated carbocycles. The van der Waals surface area contributed by atoms with E-state index in [4.69, 9.17) is 16.6 Å². The van der Waals surface area contributed by atoms with E-state index >= 15 is 0 Å². The van der Waals surface area contributed by atoms with Gasteiger partial charge in [0.25, 0.3) is 0 Å². The first-order valence-electron chi connectivity index (χ1n) is 7.83. The van der Waals surface area contributed by atoms with Crippen LogP contribution < -0.4 is 0 Å². The minimum atomic E-state index is 0.611. The minimum Gasteiger partial charge on any atom is -0.294 e. The van der Waals surface area contributed by atoms with Gasteiger partial charge < -0.3 is 0 Å². The first kappa shape index (κ1) is 15.4. The lowest BCUT2D eigenvalue weighted by Crippen LogP contribution is -2.31. The number of hydrogen-bond acceptors (Lipinski definition) is 4. The Kier molecular flexibility index (Phi) is 4.69. The Morgan fingerprint density at radius 2 is 2.14 bits per heavy atom. The lowest BCUT2D eigenvalue weighted by atomic mass is 10.1. The molecule has 0 aromatic carbocycles. The summed E-state index contributed by atoms with van der Waals surface area (Å²) in [6, 6.07) is 4.08. The highest BCUT2D eigenvalue weighted by Gasteiger charge is 2.19. The smallest absolute Gasteiger partial charge is 0.133 e. The van der Waals surface area contributed by atoms with Crippen molar-refractivity contribution in [3.63, 3.8) is 0 Å². The third-order valence-electron chi connectivity index (χ3n) is 4.00. The molecule has 0 N–H and O–H groups in total. The molecule has 5 heteroatoms. The van der Waals surface area contributed by atoms with Gasteiger partial charge in [-0.1, -0.05) is 24.6 Å². The molecule has 2 aromatic heterocycles. The molecular formula is C17H21ClN4. The molecule has 0 spiro atoms. The van der Waals surface area contributed by atoms with Gasteiger partial charge in [-0.15, -0.1) is 0 Å². The lowest BCUT2D eigenvalue weighted by Gasteiger charge is -2.28. The molecule has 3 rings (SSSR count). The molecule has 4 nitrogen and oxygen atoms in total. The Morgan fingerprint density at radius 1 is 1.27 bits per heavy atom. The molecular weight excluding hydrogens is 296 g/mol. The molecule has 0 saturated heterocycles. The summed E-state index contributed by atoms with van der Waals surface area (Å²) >= 11 is 6.24. The summed E-state index contributed by atoms with van der Waals surface area (Å²) in [5.74, 6) is 0.973. The summed E-state index contributed by atoms with van der Waals surface area (Å²) < 4.78 is 0. The summed E-state index contributed by atoms with van der Waals surface area (Å²) in [5, 5.41) is 0.611. The van der Waals surface area contributed by atoms with E-state index in [1.165, 1.54) is 11.3 Å². The second-order valence-electron chi connectivity index (χ2n) is 5.87. The molecule has 0 unspecified atom stereocenters. The maximum Gasteiger partial charge on any atom is 0.133 e. The van der Waals surface area contributed by atoms with E-state index in [9.17, 15) is 0 Å². The lowest BCUT2D eigenvalue weighted by molar-refractivity contribution is 0.242. The largest absolute Gasteiger partial charge is 0.294 e. The van der Waals surface area contributed by atoms with Gasteiger partial charge in [0, 0.05) is 61.2 Å². The number of hydrogen-bond donors (Lipinski definition) is 0. The highest BCUT2D eigenvalue weighted by Crippen LogP contribution is 2.21. The van der Waals surface area contributed by atoms with Gasteiger partial charge in [-0.25, -0.2) is 15.0 Å². The van der Waals surface area contributed by atoms with Crippen LogP contribution in [0.3, 0.4) is 0 Å². The first-order chi connectivity index (χ1) is 10.7. The highest BCUT2D eigenvalue weighted by molar-refractivity contribution is 6.30. The van der Waals surface area contributed by atoms with Gasteiger partial charge in [-0.2, -0.15) is 0 Å². The minimum absolute atomic E-state index is 0.611. The SMILES string of the molecule is CCCc1ncc2c(n1)CCN(Cc1ccc(C)nc1Cl)C2. The zero-order valence-electron chi connectivity index (χ0n) is 13.1. The van der Waals surface area contributed by atoms with Crippen LogP contribution in [0.1, 0.15) is 41.7 Å². The second-order valence-corrected chi connectivity index (χ2v) is 6.23. The molecule has 0 atom stereocenters. The van der Waals surface area contributed by atoms with Gasteiger partial charge in [-0.3, -0.25) is 4.90 Å². The molecule has 0 aliphatic carbocycles. The predicted molar refractivity (Wildman–Crippen MR) is 87.8 cm³/mol. The summed E-state index contributed by atoms with van der Waals surface area (Å²) in [5.41, 5.74) is 4.49. The van der Waals surface area contributed by atoms with Crippen molar-refractivity contribution in [3.05, 3.63) is 51.8 Å². The van der Waals surface area contributed by atoms with Crippen LogP contribution in [0.5, 0.6) is 0 Å². The fourth-order valence-electron chi connectivity index (χ4n) is 2.81. The number of fused-ring (bicyclic) bond motifs is 1. The molecule has 0 bridgehead atoms. The van der Waals surface area contributed by atoms with Crippen LogP contribution in [0.2, 0.25) is 5.15 Å². The predicted octanol–water partition coefficient (Wildman–Crippen LogP) is 3.34. The van der Waals surface area contributed by atoms with Crippen LogP contribution in [0.15, 0.2) is 18.3 Å². The number of pyridine rings is 1. The molecule has 1 aliphatic heterocycles. The molecule has 0 amide bonds. The third kappa shape index (κ3) is 3.45. The summed E-state index contributed by atoms with van der Waals surface area (Å²) in [7, 11) is 0. The molecule has 0 radical (unpaired) electrons. The summed E-state index contributed by atoms with van der Waals surface area (Å²) in [6.45, 7) is 6.82. The average molecular weight is 317 g/mol. The van der Waals surface area contributed by atoms with Crippen LogP contribution in [0, 0.1) is 6.92 Å². The Balaban J connectivity index is 1.71. The quantitative estimate of drug-likeness (QED) is 0.811. The molecule has 2 aromatic rings. The maximum atomic E-state index is 6.24. The van der Waals surface area contributed by atoms with Crippen LogP contribution >= 0.6 is 11.6 Å². The van der Waals surface area contributed by atoms with Gasteiger partial charge in [0.2, 0.25) is 0 Å². The summed E-state index contributed by atoms with van der Waals surface area (Å²) in [4.78, 5) is 15.9. The topological polar surface area (TPSA) is 41.9 Å². The van der Waals surface area contributed by atoms with E-state index in [1.807, 2.05) is 19.2 Å². The fourth-order valence-corrected chi connectivity index (χ4v) is 3.06. The van der Waals surface area contributed by atoms with Crippen molar-refractivity contribution in [2.45, 2.75) is 46.2 Å². The summed E-state index contributed by atoms with van der Waals surface area (Å²) in [6.07, 6.45) is 5.02. The number of aryl methyl sites for hydroxylation is 2. The van der Waals surface area contributed by atoms with Gasteiger partial charge in [0.1, 0.15) is 11.0 Å². The van der Waals surface area contributed by atoms with Gasteiger partial charge in [-0.05, 0) is 19.4 Å². The Morgan fingerprint density at radius 3 is 2.91 bits per heavy atom. The monoisotopic (exact) mass is 316 g/mol. The van der Waals surface area contributed by atoms with Crippen molar-refractivity contribution in [2.24, 2.45) is 0 Å². The van der Waals surface area contributed by atoms with Crippen LogP contribution in [0.4, 0.5) is 0 Å². The van der Waals surface area contributed by atoms with E-state index in [2.05, 4.69) is 27.9 Å². The number of halogens is 1. The van der Waals surface area contributed by atoms with Crippen molar-refractivity contribution in [1.29, 1.82) is 0 Å². The van der Waals surface area contributed by atoms with Gasteiger partial charge in [0.05, 0.1) is 0 Å². The zero-order chi connectivity index (χ0) is 15.5. The van der Waals surface area contributed by atoms with E-state index in [0.29, 0.717) is 5.15 Å². The Hall–Kier alpha value is -1.52. The molecule has 0 fully saturated rings. The van der Waals surface area contributed by atoms with Crippen LogP contribution in [0.25, 0.3) is 0 Å². The van der Waals surface area contributed by atoms with E-state index < -0.39 is 0 Å². The number of rotatable bonds is 4. The maximum absolute atomic E-state index is 6.24. The van der Waals surface area contributed by atoms with Crippen molar-refractivity contribution >= 4 is 11.6 Å². The normalized spacial score (nSPS) is 14.9. The van der Waals surface area contributed by atoms with Gasteiger partial charge in [0.15, 0.2) is 0 Å². The molecule has 1 aliphatic rings. The Labute approximate surface area is 136 Å². The third-order valence-corrected chi connectivity index (χ3v) is 4.32. The standard InChI is InChI=1S/C17H21ClN4/c1-3-4-16-19-9-14-11-22(8-7-15(14)21-16)10-13-6-5-12(2)20-17(13)18/h5-6,9H,3-4,7-8,10-11H2,1-2H3. The van der Waals surface area contributed by atoms with Crippen LogP contribution in [-0.2, 0) is 25.9 Å². The van der Waals surface area contributed by atoms with E-state index in [0.717, 1.165) is 56.0 Å². The van der Waals surface area contributed by atoms with E-state index in [-0.39, 0.29) is 0 Å². The van der Waals surface area contributed by atoms with E-state index in [1.54, 1.807) is 0 Å². The average Bonchev–Trinajstić information content (AvgIpc) is 2.50. The van der Waals surface area contributed by atoms with Crippen molar-refractivity contribution in [1.82, 2.24) is 19.9 Å². The number of aromatic nitrogens is 3. The number of nitrogens with zero attached hydrogens (tertiary/aromatic N) is 4. The first-order valence-corrected chi connectivity index (χ1v) is 8.21. The second kappa shape index (κ2) is 6.71. The molecule has 22 heavy (non-hydrogen) atoms.